The van der Waals surface area contributed by atoms with Crippen LogP contribution >= 0.6 is 23.6 Å². The second kappa shape index (κ2) is 10.4. The Hall–Kier alpha value is -2.71. The SMILES string of the molecule is CCOC(=O)c1c(NC(=S)NC(=O)C=Cc2ccc(OC)cc2)sc2c1CCCC2. The topological polar surface area (TPSA) is 76.7 Å². The lowest BCUT2D eigenvalue weighted by Gasteiger charge is -2.12. The molecule has 1 aromatic carbocycles. The van der Waals surface area contributed by atoms with Gasteiger partial charge in [-0.15, -0.1) is 11.3 Å². The molecule has 1 aliphatic carbocycles. The fourth-order valence-electron chi connectivity index (χ4n) is 3.25. The number of hydrogen-bond acceptors (Lipinski definition) is 6. The van der Waals surface area contributed by atoms with Gasteiger partial charge < -0.3 is 14.8 Å². The molecule has 1 heterocycles. The Morgan fingerprint density at radius 1 is 1.20 bits per heavy atom. The van der Waals surface area contributed by atoms with E-state index in [0.717, 1.165) is 42.6 Å². The number of benzene rings is 1. The summed E-state index contributed by atoms with van der Waals surface area (Å²) in [5.41, 5.74) is 2.45. The highest BCUT2D eigenvalue weighted by molar-refractivity contribution is 7.80. The summed E-state index contributed by atoms with van der Waals surface area (Å²) < 4.78 is 10.4. The third-order valence-electron chi connectivity index (χ3n) is 4.66. The van der Waals surface area contributed by atoms with Crippen LogP contribution in [-0.4, -0.2) is 30.7 Å². The average Bonchev–Trinajstić information content (AvgIpc) is 3.10. The van der Waals surface area contributed by atoms with Crippen molar-refractivity contribution in [2.75, 3.05) is 19.0 Å². The fourth-order valence-corrected chi connectivity index (χ4v) is 4.80. The molecule has 1 aliphatic rings. The number of fused-ring (bicyclic) bond motifs is 1. The largest absolute Gasteiger partial charge is 0.497 e. The molecule has 0 saturated heterocycles. The van der Waals surface area contributed by atoms with Crippen LogP contribution in [0.5, 0.6) is 5.75 Å². The Kier molecular flexibility index (Phi) is 7.59. The minimum Gasteiger partial charge on any atom is -0.497 e. The Labute approximate surface area is 185 Å². The number of carbonyl (C=O) groups excluding carboxylic acids is 2. The number of aryl methyl sites for hydroxylation is 1. The van der Waals surface area contributed by atoms with Crippen LogP contribution in [0.15, 0.2) is 30.3 Å². The van der Waals surface area contributed by atoms with E-state index in [9.17, 15) is 9.59 Å². The zero-order chi connectivity index (χ0) is 21.5. The number of carbonyl (C=O) groups is 2. The summed E-state index contributed by atoms with van der Waals surface area (Å²) in [6.07, 6.45) is 7.04. The van der Waals surface area contributed by atoms with Crippen molar-refractivity contribution in [2.24, 2.45) is 0 Å². The van der Waals surface area contributed by atoms with Crippen LogP contribution in [0.2, 0.25) is 0 Å². The first-order valence-electron chi connectivity index (χ1n) is 9.77. The van der Waals surface area contributed by atoms with E-state index in [4.69, 9.17) is 21.7 Å². The van der Waals surface area contributed by atoms with Crippen molar-refractivity contribution >= 4 is 51.6 Å². The molecule has 8 heteroatoms. The molecule has 3 rings (SSSR count). The van der Waals surface area contributed by atoms with Gasteiger partial charge in [-0.1, -0.05) is 12.1 Å². The number of esters is 1. The quantitative estimate of drug-likeness (QED) is 0.392. The maximum atomic E-state index is 12.5. The predicted molar refractivity (Wildman–Crippen MR) is 123 cm³/mol. The van der Waals surface area contributed by atoms with E-state index in [1.165, 1.54) is 22.3 Å². The number of thiophene rings is 1. The van der Waals surface area contributed by atoms with E-state index in [-0.39, 0.29) is 17.0 Å². The Bertz CT molecular complexity index is 964. The first kappa shape index (κ1) is 22.0. The van der Waals surface area contributed by atoms with Crippen molar-refractivity contribution < 1.29 is 19.1 Å². The van der Waals surface area contributed by atoms with E-state index >= 15 is 0 Å². The highest BCUT2D eigenvalue weighted by Gasteiger charge is 2.26. The number of anilines is 1. The number of amides is 1. The van der Waals surface area contributed by atoms with Crippen LogP contribution in [0.25, 0.3) is 6.08 Å². The fraction of sp³-hybridized carbons (Fsp3) is 0.318. The van der Waals surface area contributed by atoms with Crippen LogP contribution in [0, 0.1) is 0 Å². The van der Waals surface area contributed by atoms with Crippen molar-refractivity contribution in [3.8, 4) is 5.75 Å². The monoisotopic (exact) mass is 444 g/mol. The van der Waals surface area contributed by atoms with Gasteiger partial charge >= 0.3 is 5.97 Å². The van der Waals surface area contributed by atoms with Crippen molar-refractivity contribution in [1.29, 1.82) is 0 Å². The zero-order valence-electron chi connectivity index (χ0n) is 16.9. The van der Waals surface area contributed by atoms with E-state index in [0.29, 0.717) is 17.2 Å². The second-order valence-electron chi connectivity index (χ2n) is 6.69. The van der Waals surface area contributed by atoms with Crippen LogP contribution < -0.4 is 15.4 Å². The molecule has 2 N–H and O–H groups in total. The van der Waals surface area contributed by atoms with Gasteiger partial charge in [0.15, 0.2) is 5.11 Å². The minimum atomic E-state index is -0.359. The second-order valence-corrected chi connectivity index (χ2v) is 8.20. The minimum absolute atomic E-state index is 0.142. The lowest BCUT2D eigenvalue weighted by molar-refractivity contribution is -0.115. The van der Waals surface area contributed by atoms with Gasteiger partial charge in [0, 0.05) is 11.0 Å². The molecule has 0 bridgehead atoms. The summed E-state index contributed by atoms with van der Waals surface area (Å²) in [5, 5.41) is 6.41. The Balaban J connectivity index is 1.66. The first-order chi connectivity index (χ1) is 14.5. The molecule has 0 radical (unpaired) electrons. The van der Waals surface area contributed by atoms with Crippen LogP contribution in [0.4, 0.5) is 5.00 Å². The molecule has 0 fully saturated rings. The van der Waals surface area contributed by atoms with Crippen LogP contribution in [0.1, 0.15) is 46.1 Å². The normalized spacial score (nSPS) is 12.9. The highest BCUT2D eigenvalue weighted by atomic mass is 32.1. The summed E-state index contributed by atoms with van der Waals surface area (Å²) >= 11 is 6.79. The van der Waals surface area contributed by atoms with Gasteiger partial charge in [0.05, 0.1) is 19.3 Å². The molecule has 0 saturated carbocycles. The molecule has 30 heavy (non-hydrogen) atoms. The number of methoxy groups -OCH3 is 1. The summed E-state index contributed by atoms with van der Waals surface area (Å²) in [7, 11) is 1.60. The Morgan fingerprint density at radius 2 is 1.93 bits per heavy atom. The summed E-state index contributed by atoms with van der Waals surface area (Å²) in [4.78, 5) is 25.9. The molecule has 2 aromatic rings. The smallest absolute Gasteiger partial charge is 0.341 e. The zero-order valence-corrected chi connectivity index (χ0v) is 18.6. The number of nitrogens with one attached hydrogen (secondary N) is 2. The van der Waals surface area contributed by atoms with Crippen LogP contribution in [-0.2, 0) is 22.4 Å². The lowest BCUT2D eigenvalue weighted by Crippen LogP contribution is -2.33. The lowest BCUT2D eigenvalue weighted by atomic mass is 9.95. The molecule has 1 amide bonds. The molecule has 0 unspecified atom stereocenters. The molecule has 0 atom stereocenters. The number of thiocarbonyl (C=S) groups is 1. The van der Waals surface area contributed by atoms with E-state index in [1.54, 1.807) is 20.1 Å². The van der Waals surface area contributed by atoms with Gasteiger partial charge in [-0.05, 0) is 74.2 Å². The average molecular weight is 445 g/mol. The number of ether oxygens (including phenoxy) is 2. The number of hydrogen-bond donors (Lipinski definition) is 2. The van der Waals surface area contributed by atoms with Gasteiger partial charge in [-0.25, -0.2) is 4.79 Å². The molecule has 0 spiro atoms. The molecular formula is C22H24N2O4S2. The van der Waals surface area contributed by atoms with Gasteiger partial charge in [0.2, 0.25) is 5.91 Å². The Morgan fingerprint density at radius 3 is 2.63 bits per heavy atom. The third-order valence-corrected chi connectivity index (χ3v) is 6.07. The van der Waals surface area contributed by atoms with Crippen LogP contribution in [0.3, 0.4) is 0 Å². The van der Waals surface area contributed by atoms with E-state index in [2.05, 4.69) is 10.6 Å². The summed E-state index contributed by atoms with van der Waals surface area (Å²) in [6.45, 7) is 2.09. The summed E-state index contributed by atoms with van der Waals surface area (Å²) in [5.74, 6) is 0.0354. The maximum absolute atomic E-state index is 12.5. The standard InChI is InChI=1S/C22H24N2O4S2/c1-3-28-21(26)19-16-6-4-5-7-17(16)30-20(19)24-22(29)23-18(25)13-10-14-8-11-15(27-2)12-9-14/h8-13H,3-7H2,1-2H3,(H2,23,24,25,29). The van der Waals surface area contributed by atoms with Gasteiger partial charge in [-0.2, -0.15) is 0 Å². The van der Waals surface area contributed by atoms with E-state index in [1.807, 2.05) is 24.3 Å². The first-order valence-corrected chi connectivity index (χ1v) is 11.0. The van der Waals surface area contributed by atoms with E-state index < -0.39 is 0 Å². The molecular weight excluding hydrogens is 420 g/mol. The van der Waals surface area contributed by atoms with Crippen molar-refractivity contribution in [1.82, 2.24) is 5.32 Å². The number of rotatable bonds is 6. The van der Waals surface area contributed by atoms with Gasteiger partial charge in [0.1, 0.15) is 10.8 Å². The molecule has 0 aliphatic heterocycles. The highest BCUT2D eigenvalue weighted by Crippen LogP contribution is 2.38. The molecule has 6 nitrogen and oxygen atoms in total. The van der Waals surface area contributed by atoms with Gasteiger partial charge in [0.25, 0.3) is 0 Å². The summed E-state index contributed by atoms with van der Waals surface area (Å²) in [6, 6.07) is 7.33. The molecule has 1 aromatic heterocycles. The van der Waals surface area contributed by atoms with Crippen molar-refractivity contribution in [3.05, 3.63) is 51.9 Å². The van der Waals surface area contributed by atoms with Gasteiger partial charge in [-0.3, -0.25) is 10.1 Å². The third kappa shape index (κ3) is 5.46. The van der Waals surface area contributed by atoms with Crippen molar-refractivity contribution in [2.45, 2.75) is 32.6 Å². The van der Waals surface area contributed by atoms with Crippen molar-refractivity contribution in [3.63, 3.8) is 0 Å². The maximum Gasteiger partial charge on any atom is 0.341 e. The predicted octanol–water partition coefficient (Wildman–Crippen LogP) is 4.34. The molecule has 158 valence electrons.